The van der Waals surface area contributed by atoms with Crippen LogP contribution in [0.3, 0.4) is 0 Å². The standard InChI is InChI=1S/C24H35N3O2/c1-3-25-9-11-26(12-10-25)15-22-16-27(17-23(22)18-28)14-20-5-4-6-21(13-20)24-8-7-19(2)29-24/h4-8,13,22-23,28H,3,9-12,14-18H2,1-2H3/t22-,23-/m1/s1. The molecule has 0 saturated carbocycles. The first-order valence-electron chi connectivity index (χ1n) is 11.1. The Morgan fingerprint density at radius 2 is 1.72 bits per heavy atom. The van der Waals surface area contributed by atoms with E-state index in [4.69, 9.17) is 4.42 Å². The van der Waals surface area contributed by atoms with Gasteiger partial charge in [0.2, 0.25) is 0 Å². The Bertz CT molecular complexity index is 782. The Balaban J connectivity index is 1.35. The van der Waals surface area contributed by atoms with Gasteiger partial charge in [0.15, 0.2) is 0 Å². The normalized spacial score (nSPS) is 24.4. The fourth-order valence-corrected chi connectivity index (χ4v) is 4.87. The van der Waals surface area contributed by atoms with Gasteiger partial charge in [-0.05, 0) is 49.1 Å². The Labute approximate surface area is 174 Å². The fourth-order valence-electron chi connectivity index (χ4n) is 4.87. The third-order valence-corrected chi connectivity index (χ3v) is 6.65. The molecule has 2 aliphatic heterocycles. The molecule has 2 atom stereocenters. The Hall–Kier alpha value is -1.66. The molecule has 3 heterocycles. The van der Waals surface area contributed by atoms with E-state index in [1.807, 2.05) is 19.1 Å². The van der Waals surface area contributed by atoms with Crippen molar-refractivity contribution in [3.05, 3.63) is 47.7 Å². The Kier molecular flexibility index (Phi) is 6.70. The number of nitrogens with zero attached hydrogens (tertiary/aromatic N) is 3. The van der Waals surface area contributed by atoms with Gasteiger partial charge in [-0.2, -0.15) is 0 Å². The van der Waals surface area contributed by atoms with Crippen molar-refractivity contribution in [2.24, 2.45) is 11.8 Å². The first-order valence-corrected chi connectivity index (χ1v) is 11.1. The number of piperazine rings is 1. The largest absolute Gasteiger partial charge is 0.461 e. The van der Waals surface area contributed by atoms with Gasteiger partial charge in [-0.3, -0.25) is 4.90 Å². The summed E-state index contributed by atoms with van der Waals surface area (Å²) in [6.45, 7) is 14.5. The van der Waals surface area contributed by atoms with Crippen LogP contribution in [0.5, 0.6) is 0 Å². The quantitative estimate of drug-likeness (QED) is 0.778. The van der Waals surface area contributed by atoms with Crippen molar-refractivity contribution < 1.29 is 9.52 Å². The maximum Gasteiger partial charge on any atom is 0.134 e. The van der Waals surface area contributed by atoms with Crippen molar-refractivity contribution in [2.75, 3.05) is 59.0 Å². The van der Waals surface area contributed by atoms with Gasteiger partial charge in [-0.1, -0.05) is 25.1 Å². The number of aliphatic hydroxyl groups is 1. The van der Waals surface area contributed by atoms with Crippen LogP contribution in [0.2, 0.25) is 0 Å². The van der Waals surface area contributed by atoms with Crippen LogP contribution >= 0.6 is 0 Å². The van der Waals surface area contributed by atoms with Crippen molar-refractivity contribution in [3.63, 3.8) is 0 Å². The molecular weight excluding hydrogens is 362 g/mol. The highest BCUT2D eigenvalue weighted by Gasteiger charge is 2.33. The van der Waals surface area contributed by atoms with Gasteiger partial charge in [-0.25, -0.2) is 0 Å². The average molecular weight is 398 g/mol. The number of furan rings is 1. The highest BCUT2D eigenvalue weighted by atomic mass is 16.3. The summed E-state index contributed by atoms with van der Waals surface area (Å²) in [7, 11) is 0. The molecule has 2 fully saturated rings. The molecule has 0 bridgehead atoms. The predicted octanol–water partition coefficient (Wildman–Crippen LogP) is 2.93. The molecule has 29 heavy (non-hydrogen) atoms. The molecule has 0 radical (unpaired) electrons. The summed E-state index contributed by atoms with van der Waals surface area (Å²) in [5, 5.41) is 9.96. The second kappa shape index (κ2) is 9.43. The number of aryl methyl sites for hydroxylation is 1. The molecule has 0 amide bonds. The van der Waals surface area contributed by atoms with E-state index >= 15 is 0 Å². The lowest BCUT2D eigenvalue weighted by Gasteiger charge is -2.36. The lowest BCUT2D eigenvalue weighted by atomic mass is 9.96. The summed E-state index contributed by atoms with van der Waals surface area (Å²) in [5.41, 5.74) is 2.45. The van der Waals surface area contributed by atoms with Crippen LogP contribution in [0.15, 0.2) is 40.8 Å². The van der Waals surface area contributed by atoms with Crippen molar-refractivity contribution in [3.8, 4) is 11.3 Å². The topological polar surface area (TPSA) is 43.1 Å². The number of likely N-dealkylation sites (N-methyl/N-ethyl adjacent to an activating group) is 1. The third kappa shape index (κ3) is 5.10. The summed E-state index contributed by atoms with van der Waals surface area (Å²) in [5.74, 6) is 2.82. The predicted molar refractivity (Wildman–Crippen MR) is 117 cm³/mol. The van der Waals surface area contributed by atoms with E-state index in [1.54, 1.807) is 0 Å². The van der Waals surface area contributed by atoms with E-state index in [0.717, 1.165) is 62.9 Å². The van der Waals surface area contributed by atoms with E-state index < -0.39 is 0 Å². The zero-order valence-electron chi connectivity index (χ0n) is 17.9. The smallest absolute Gasteiger partial charge is 0.134 e. The fraction of sp³-hybridized carbons (Fsp3) is 0.583. The molecule has 5 heteroatoms. The number of rotatable bonds is 7. The number of hydrogen-bond acceptors (Lipinski definition) is 5. The Morgan fingerprint density at radius 1 is 0.966 bits per heavy atom. The molecule has 1 aromatic carbocycles. The number of benzene rings is 1. The van der Waals surface area contributed by atoms with Crippen LogP contribution in [0.25, 0.3) is 11.3 Å². The molecule has 2 saturated heterocycles. The van der Waals surface area contributed by atoms with E-state index in [1.165, 1.54) is 18.7 Å². The van der Waals surface area contributed by atoms with E-state index in [0.29, 0.717) is 18.4 Å². The number of aliphatic hydroxyl groups excluding tert-OH is 1. The molecule has 1 aromatic heterocycles. The van der Waals surface area contributed by atoms with Crippen molar-refractivity contribution in [1.29, 1.82) is 0 Å². The van der Waals surface area contributed by atoms with Crippen molar-refractivity contribution in [2.45, 2.75) is 20.4 Å². The van der Waals surface area contributed by atoms with Gasteiger partial charge < -0.3 is 19.3 Å². The average Bonchev–Trinajstić information content (AvgIpc) is 3.34. The summed E-state index contributed by atoms with van der Waals surface area (Å²) in [6.07, 6.45) is 0. The van der Waals surface area contributed by atoms with Gasteiger partial charge in [0.05, 0.1) is 0 Å². The molecule has 1 N–H and O–H groups in total. The second-order valence-electron chi connectivity index (χ2n) is 8.74. The second-order valence-corrected chi connectivity index (χ2v) is 8.74. The molecule has 0 aliphatic carbocycles. The molecule has 0 spiro atoms. The molecule has 0 unspecified atom stereocenters. The lowest BCUT2D eigenvalue weighted by Crippen LogP contribution is -2.48. The van der Waals surface area contributed by atoms with Crippen LogP contribution in [0.1, 0.15) is 18.2 Å². The van der Waals surface area contributed by atoms with Gasteiger partial charge in [0.1, 0.15) is 11.5 Å². The molecular formula is C24H35N3O2. The van der Waals surface area contributed by atoms with Crippen LogP contribution < -0.4 is 0 Å². The summed E-state index contributed by atoms with van der Waals surface area (Å²) in [4.78, 5) is 7.64. The van der Waals surface area contributed by atoms with Gasteiger partial charge in [0.25, 0.3) is 0 Å². The minimum Gasteiger partial charge on any atom is -0.461 e. The summed E-state index contributed by atoms with van der Waals surface area (Å²) in [6, 6.07) is 12.7. The maximum absolute atomic E-state index is 9.96. The van der Waals surface area contributed by atoms with Gasteiger partial charge >= 0.3 is 0 Å². The third-order valence-electron chi connectivity index (χ3n) is 6.65. The van der Waals surface area contributed by atoms with Gasteiger partial charge in [0, 0.05) is 64.5 Å². The Morgan fingerprint density at radius 3 is 2.41 bits per heavy atom. The highest BCUT2D eigenvalue weighted by molar-refractivity contribution is 5.58. The number of likely N-dealkylation sites (tertiary alicyclic amines) is 1. The zero-order valence-corrected chi connectivity index (χ0v) is 17.9. The number of hydrogen-bond donors (Lipinski definition) is 1. The monoisotopic (exact) mass is 397 g/mol. The first-order chi connectivity index (χ1) is 14.1. The minimum atomic E-state index is 0.293. The van der Waals surface area contributed by atoms with E-state index in [2.05, 4.69) is 45.9 Å². The molecule has 2 aromatic rings. The molecule has 4 rings (SSSR count). The van der Waals surface area contributed by atoms with Crippen molar-refractivity contribution in [1.82, 2.24) is 14.7 Å². The van der Waals surface area contributed by atoms with Crippen LogP contribution in [0.4, 0.5) is 0 Å². The molecule has 5 nitrogen and oxygen atoms in total. The van der Waals surface area contributed by atoms with Crippen LogP contribution in [-0.4, -0.2) is 78.8 Å². The first kappa shape index (κ1) is 20.6. The van der Waals surface area contributed by atoms with Gasteiger partial charge in [-0.15, -0.1) is 0 Å². The summed E-state index contributed by atoms with van der Waals surface area (Å²) >= 11 is 0. The van der Waals surface area contributed by atoms with Crippen LogP contribution in [-0.2, 0) is 6.54 Å². The zero-order chi connectivity index (χ0) is 20.2. The highest BCUT2D eigenvalue weighted by Crippen LogP contribution is 2.28. The van der Waals surface area contributed by atoms with E-state index in [-0.39, 0.29) is 0 Å². The maximum atomic E-state index is 9.96. The van der Waals surface area contributed by atoms with Crippen LogP contribution in [0, 0.1) is 18.8 Å². The minimum absolute atomic E-state index is 0.293. The molecule has 2 aliphatic rings. The lowest BCUT2D eigenvalue weighted by molar-refractivity contribution is 0.106. The van der Waals surface area contributed by atoms with Crippen molar-refractivity contribution >= 4 is 0 Å². The van der Waals surface area contributed by atoms with E-state index in [9.17, 15) is 5.11 Å². The SMILES string of the molecule is CCN1CCN(C[C@@H]2CN(Cc3cccc(-c4ccc(C)o4)c3)C[C@@H]2CO)CC1. The molecule has 158 valence electrons. The summed E-state index contributed by atoms with van der Waals surface area (Å²) < 4.78 is 5.79.